The SMILES string of the molecule is CC(=N\O)/C(=N/O)N1CCOCC1. The van der Waals surface area contributed by atoms with E-state index in [2.05, 4.69) is 10.3 Å². The van der Waals surface area contributed by atoms with Crippen LogP contribution in [-0.4, -0.2) is 53.2 Å². The molecule has 0 aromatic heterocycles. The van der Waals surface area contributed by atoms with E-state index in [4.69, 9.17) is 15.2 Å². The molecule has 13 heavy (non-hydrogen) atoms. The third-order valence-electron chi connectivity index (χ3n) is 1.88. The largest absolute Gasteiger partial charge is 0.411 e. The molecule has 0 bridgehead atoms. The molecule has 0 spiro atoms. The highest BCUT2D eigenvalue weighted by molar-refractivity contribution is 6.40. The standard InChI is InChI=1S/C7H13N3O3/c1-6(8-11)7(9-12)10-2-4-13-5-3-10/h11-12H,2-5H2,1H3/b8-6+,9-7-. The molecule has 1 heterocycles. The first-order valence-electron chi connectivity index (χ1n) is 4.03. The quantitative estimate of drug-likeness (QED) is 0.261. The molecule has 0 saturated carbocycles. The Hall–Kier alpha value is -1.30. The van der Waals surface area contributed by atoms with Gasteiger partial charge < -0.3 is 20.1 Å². The molecular weight excluding hydrogens is 174 g/mol. The van der Waals surface area contributed by atoms with Crippen LogP contribution < -0.4 is 0 Å². The molecule has 1 aliphatic rings. The van der Waals surface area contributed by atoms with Gasteiger partial charge in [-0.25, -0.2) is 0 Å². The van der Waals surface area contributed by atoms with Crippen molar-refractivity contribution in [1.82, 2.24) is 4.90 Å². The molecule has 0 aromatic carbocycles. The Morgan fingerprint density at radius 3 is 2.31 bits per heavy atom. The van der Waals surface area contributed by atoms with Crippen molar-refractivity contribution < 1.29 is 15.2 Å². The summed E-state index contributed by atoms with van der Waals surface area (Å²) >= 11 is 0. The molecule has 0 aromatic rings. The Morgan fingerprint density at radius 2 is 1.85 bits per heavy atom. The van der Waals surface area contributed by atoms with Gasteiger partial charge >= 0.3 is 0 Å². The highest BCUT2D eigenvalue weighted by Crippen LogP contribution is 2.00. The second kappa shape index (κ2) is 4.66. The molecule has 2 N–H and O–H groups in total. The van der Waals surface area contributed by atoms with Gasteiger partial charge in [0.15, 0.2) is 5.84 Å². The van der Waals surface area contributed by atoms with Crippen LogP contribution >= 0.6 is 0 Å². The van der Waals surface area contributed by atoms with Gasteiger partial charge in [0, 0.05) is 13.1 Å². The molecule has 1 aliphatic heterocycles. The first-order valence-corrected chi connectivity index (χ1v) is 4.03. The number of oxime groups is 2. The van der Waals surface area contributed by atoms with Crippen LogP contribution in [0.1, 0.15) is 6.92 Å². The van der Waals surface area contributed by atoms with Crippen LogP contribution in [0.3, 0.4) is 0 Å². The normalized spacial score (nSPS) is 20.5. The maximum absolute atomic E-state index is 8.69. The minimum absolute atomic E-state index is 0.296. The number of hydrogen-bond acceptors (Lipinski definition) is 5. The van der Waals surface area contributed by atoms with E-state index in [1.165, 1.54) is 0 Å². The molecule has 74 valence electrons. The summed E-state index contributed by atoms with van der Waals surface area (Å²) in [4.78, 5) is 1.80. The topological polar surface area (TPSA) is 77.7 Å². The van der Waals surface area contributed by atoms with Gasteiger partial charge in [0.2, 0.25) is 0 Å². The van der Waals surface area contributed by atoms with E-state index in [9.17, 15) is 0 Å². The monoisotopic (exact) mass is 187 g/mol. The summed E-state index contributed by atoms with van der Waals surface area (Å²) in [5.74, 6) is 0.297. The fraction of sp³-hybridized carbons (Fsp3) is 0.714. The van der Waals surface area contributed by atoms with Crippen LogP contribution in [0.25, 0.3) is 0 Å². The average Bonchev–Trinajstić information content (AvgIpc) is 2.20. The minimum Gasteiger partial charge on any atom is -0.411 e. The Balaban J connectivity index is 2.66. The lowest BCUT2D eigenvalue weighted by Crippen LogP contribution is -2.43. The summed E-state index contributed by atoms with van der Waals surface area (Å²) in [6, 6.07) is 0. The van der Waals surface area contributed by atoms with Gasteiger partial charge in [0.05, 0.1) is 13.2 Å². The molecule has 0 amide bonds. The second-order valence-electron chi connectivity index (χ2n) is 2.71. The van der Waals surface area contributed by atoms with E-state index in [-0.39, 0.29) is 0 Å². The van der Waals surface area contributed by atoms with E-state index in [1.807, 2.05) is 0 Å². The van der Waals surface area contributed by atoms with E-state index in [0.29, 0.717) is 37.9 Å². The molecule has 6 heteroatoms. The van der Waals surface area contributed by atoms with Crippen molar-refractivity contribution in [3.8, 4) is 0 Å². The van der Waals surface area contributed by atoms with Crippen LogP contribution in [0.4, 0.5) is 0 Å². The zero-order valence-corrected chi connectivity index (χ0v) is 7.47. The summed E-state index contributed by atoms with van der Waals surface area (Å²) in [5.41, 5.74) is 0.296. The van der Waals surface area contributed by atoms with Gasteiger partial charge in [-0.3, -0.25) is 0 Å². The Bertz CT molecular complexity index is 221. The number of hydrogen-bond donors (Lipinski definition) is 2. The Labute approximate surface area is 76.1 Å². The predicted octanol–water partition coefficient (Wildman–Crippen LogP) is -0.0436. The van der Waals surface area contributed by atoms with Crippen LogP contribution in [0.5, 0.6) is 0 Å². The molecule has 0 unspecified atom stereocenters. The average molecular weight is 187 g/mol. The van der Waals surface area contributed by atoms with Crippen molar-refractivity contribution in [2.45, 2.75) is 6.92 Å². The van der Waals surface area contributed by atoms with Crippen LogP contribution in [0.15, 0.2) is 10.3 Å². The lowest BCUT2D eigenvalue weighted by atomic mass is 10.3. The highest BCUT2D eigenvalue weighted by Gasteiger charge is 2.18. The molecule has 1 saturated heterocycles. The Kier molecular flexibility index (Phi) is 3.51. The smallest absolute Gasteiger partial charge is 0.192 e. The maximum Gasteiger partial charge on any atom is 0.192 e. The first kappa shape index (κ1) is 9.79. The number of rotatable bonds is 1. The molecular formula is C7H13N3O3. The molecule has 1 fully saturated rings. The molecule has 0 aliphatic carbocycles. The number of amidine groups is 1. The van der Waals surface area contributed by atoms with Crippen molar-refractivity contribution >= 4 is 11.5 Å². The van der Waals surface area contributed by atoms with Crippen molar-refractivity contribution in [3.05, 3.63) is 0 Å². The van der Waals surface area contributed by atoms with Crippen molar-refractivity contribution in [2.75, 3.05) is 26.3 Å². The van der Waals surface area contributed by atoms with Gasteiger partial charge in [-0.1, -0.05) is 10.3 Å². The summed E-state index contributed by atoms with van der Waals surface area (Å²) in [6.07, 6.45) is 0. The summed E-state index contributed by atoms with van der Waals surface area (Å²) in [7, 11) is 0. The fourth-order valence-corrected chi connectivity index (χ4v) is 1.18. The van der Waals surface area contributed by atoms with E-state index in [1.54, 1.807) is 11.8 Å². The van der Waals surface area contributed by atoms with E-state index in [0.717, 1.165) is 0 Å². The van der Waals surface area contributed by atoms with E-state index < -0.39 is 0 Å². The second-order valence-corrected chi connectivity index (χ2v) is 2.71. The highest BCUT2D eigenvalue weighted by atomic mass is 16.5. The third kappa shape index (κ3) is 2.32. The van der Waals surface area contributed by atoms with Gasteiger partial charge in [-0.2, -0.15) is 0 Å². The van der Waals surface area contributed by atoms with Crippen molar-refractivity contribution in [1.29, 1.82) is 0 Å². The van der Waals surface area contributed by atoms with Crippen LogP contribution in [0.2, 0.25) is 0 Å². The van der Waals surface area contributed by atoms with Gasteiger partial charge in [0.1, 0.15) is 5.71 Å². The van der Waals surface area contributed by atoms with Gasteiger partial charge in [-0.05, 0) is 6.92 Å². The number of morpholine rings is 1. The molecule has 6 nitrogen and oxygen atoms in total. The molecule has 1 rings (SSSR count). The number of nitrogens with zero attached hydrogens (tertiary/aromatic N) is 3. The van der Waals surface area contributed by atoms with Gasteiger partial charge in [-0.15, -0.1) is 0 Å². The predicted molar refractivity (Wildman–Crippen MR) is 46.5 cm³/mol. The third-order valence-corrected chi connectivity index (χ3v) is 1.88. The first-order chi connectivity index (χ1) is 6.29. The van der Waals surface area contributed by atoms with Crippen LogP contribution in [-0.2, 0) is 4.74 Å². The minimum atomic E-state index is 0.296. The zero-order valence-electron chi connectivity index (χ0n) is 7.47. The zero-order chi connectivity index (χ0) is 9.68. The lowest BCUT2D eigenvalue weighted by Gasteiger charge is -2.28. The van der Waals surface area contributed by atoms with Crippen molar-refractivity contribution in [3.63, 3.8) is 0 Å². The van der Waals surface area contributed by atoms with E-state index >= 15 is 0 Å². The van der Waals surface area contributed by atoms with Crippen molar-refractivity contribution in [2.24, 2.45) is 10.3 Å². The fourth-order valence-electron chi connectivity index (χ4n) is 1.18. The summed E-state index contributed by atoms with van der Waals surface area (Å²) < 4.78 is 5.13. The summed E-state index contributed by atoms with van der Waals surface area (Å²) in [5, 5.41) is 23.3. The lowest BCUT2D eigenvalue weighted by molar-refractivity contribution is 0.0674. The summed E-state index contributed by atoms with van der Waals surface area (Å²) in [6.45, 7) is 4.05. The number of ether oxygens (including phenoxy) is 1. The van der Waals surface area contributed by atoms with Gasteiger partial charge in [0.25, 0.3) is 0 Å². The Morgan fingerprint density at radius 1 is 1.23 bits per heavy atom. The molecule has 0 atom stereocenters. The van der Waals surface area contributed by atoms with Crippen LogP contribution in [0, 0.1) is 0 Å². The maximum atomic E-state index is 8.69. The molecule has 0 radical (unpaired) electrons.